The Labute approximate surface area is 176 Å². The van der Waals surface area contributed by atoms with Crippen LogP contribution >= 0.6 is 24.8 Å². The lowest BCUT2D eigenvalue weighted by molar-refractivity contribution is -0.116. The summed E-state index contributed by atoms with van der Waals surface area (Å²) < 4.78 is 0. The molecule has 0 bridgehead atoms. The summed E-state index contributed by atoms with van der Waals surface area (Å²) in [6, 6.07) is 5.24. The third kappa shape index (κ3) is 6.34. The maximum atomic E-state index is 12.5. The number of rotatable bonds is 7. The van der Waals surface area contributed by atoms with Gasteiger partial charge in [0.1, 0.15) is 0 Å². The lowest BCUT2D eigenvalue weighted by atomic mass is 10.1. The second kappa shape index (κ2) is 11.9. The van der Waals surface area contributed by atoms with Gasteiger partial charge in [-0.25, -0.2) is 4.98 Å². The monoisotopic (exact) mass is 430 g/mol. The van der Waals surface area contributed by atoms with Crippen LogP contribution in [0.2, 0.25) is 0 Å². The van der Waals surface area contributed by atoms with Crippen LogP contribution < -0.4 is 26.8 Å². The maximum Gasteiger partial charge on any atom is 0.260 e. The van der Waals surface area contributed by atoms with Gasteiger partial charge in [0.15, 0.2) is 0 Å². The van der Waals surface area contributed by atoms with Gasteiger partial charge in [0.25, 0.3) is 5.56 Å². The van der Waals surface area contributed by atoms with Crippen molar-refractivity contribution in [2.24, 2.45) is 5.73 Å². The molecule has 1 aliphatic heterocycles. The molecule has 1 aromatic heterocycles. The Balaban J connectivity index is 0.00000196. The Hall–Kier alpha value is -1.87. The molecule has 0 atom stereocenters. The quantitative estimate of drug-likeness (QED) is 0.496. The van der Waals surface area contributed by atoms with Gasteiger partial charge in [0, 0.05) is 38.3 Å². The molecule has 0 saturated carbocycles. The zero-order valence-electron chi connectivity index (χ0n) is 15.7. The fourth-order valence-corrected chi connectivity index (χ4v) is 3.06. The molecule has 1 aromatic carbocycles. The number of unbranched alkanes of at least 4 members (excludes halogenated alkanes) is 2. The fraction of sp³-hybridized carbons (Fsp3) is 0.500. The van der Waals surface area contributed by atoms with Gasteiger partial charge in [0.2, 0.25) is 11.9 Å². The summed E-state index contributed by atoms with van der Waals surface area (Å²) in [6.07, 6.45) is 3.14. The van der Waals surface area contributed by atoms with Crippen molar-refractivity contribution in [3.8, 4) is 0 Å². The lowest BCUT2D eigenvalue weighted by Gasteiger charge is -2.27. The normalized spacial score (nSPS) is 13.5. The lowest BCUT2D eigenvalue weighted by Crippen LogP contribution is -2.44. The molecule has 1 aliphatic rings. The van der Waals surface area contributed by atoms with E-state index in [-0.39, 0.29) is 36.3 Å². The molecule has 10 heteroatoms. The third-order valence-electron chi connectivity index (χ3n) is 4.50. The van der Waals surface area contributed by atoms with Crippen molar-refractivity contribution in [3.63, 3.8) is 0 Å². The number of carbonyl (C=O) groups excluding carboxylic acids is 1. The first kappa shape index (κ1) is 24.2. The van der Waals surface area contributed by atoms with Gasteiger partial charge < -0.3 is 21.3 Å². The molecule has 5 N–H and O–H groups in total. The number of piperazine rings is 1. The number of nitrogens with one attached hydrogen (secondary N) is 3. The summed E-state index contributed by atoms with van der Waals surface area (Å²) in [5.41, 5.74) is 6.50. The SMILES string of the molecule is Cl.Cl.NCCCCCC(=O)Nc1ccc2nc(N3CCNCC3)[nH]c(=O)c2c1. The molecule has 2 aromatic rings. The second-order valence-corrected chi connectivity index (χ2v) is 6.51. The van der Waals surface area contributed by atoms with E-state index in [0.717, 1.165) is 45.4 Å². The highest BCUT2D eigenvalue weighted by Gasteiger charge is 2.14. The van der Waals surface area contributed by atoms with Gasteiger partial charge >= 0.3 is 0 Å². The molecular formula is C18H28Cl2N6O2. The zero-order valence-corrected chi connectivity index (χ0v) is 17.3. The molecule has 0 radical (unpaired) electrons. The molecule has 2 heterocycles. The van der Waals surface area contributed by atoms with Gasteiger partial charge in [-0.05, 0) is 37.6 Å². The van der Waals surface area contributed by atoms with Gasteiger partial charge in [-0.1, -0.05) is 6.42 Å². The van der Waals surface area contributed by atoms with E-state index in [1.165, 1.54) is 0 Å². The fourth-order valence-electron chi connectivity index (χ4n) is 3.06. The van der Waals surface area contributed by atoms with E-state index in [4.69, 9.17) is 5.73 Å². The van der Waals surface area contributed by atoms with E-state index < -0.39 is 0 Å². The summed E-state index contributed by atoms with van der Waals surface area (Å²) in [4.78, 5) is 34.0. The average molecular weight is 431 g/mol. The molecular weight excluding hydrogens is 403 g/mol. The number of carbonyl (C=O) groups is 1. The Morgan fingerprint density at radius 3 is 2.64 bits per heavy atom. The van der Waals surface area contributed by atoms with Crippen molar-refractivity contribution in [1.82, 2.24) is 15.3 Å². The number of halogens is 2. The first-order valence-corrected chi connectivity index (χ1v) is 9.17. The topological polar surface area (TPSA) is 116 Å². The molecule has 156 valence electrons. The summed E-state index contributed by atoms with van der Waals surface area (Å²) in [7, 11) is 0. The number of nitrogens with two attached hydrogens (primary N) is 1. The minimum Gasteiger partial charge on any atom is -0.340 e. The number of aromatic amines is 1. The first-order valence-electron chi connectivity index (χ1n) is 9.17. The molecule has 0 unspecified atom stereocenters. The smallest absolute Gasteiger partial charge is 0.260 e. The van der Waals surface area contributed by atoms with Crippen molar-refractivity contribution in [3.05, 3.63) is 28.6 Å². The summed E-state index contributed by atoms with van der Waals surface area (Å²) >= 11 is 0. The molecule has 1 saturated heterocycles. The minimum absolute atomic E-state index is 0. The van der Waals surface area contributed by atoms with E-state index >= 15 is 0 Å². The number of nitrogens with zero attached hydrogens (tertiary/aromatic N) is 2. The number of anilines is 2. The molecule has 8 nitrogen and oxygen atoms in total. The number of hydrogen-bond donors (Lipinski definition) is 4. The number of amides is 1. The van der Waals surface area contributed by atoms with Crippen molar-refractivity contribution in [2.75, 3.05) is 42.9 Å². The van der Waals surface area contributed by atoms with Crippen LogP contribution in [0.3, 0.4) is 0 Å². The Morgan fingerprint density at radius 2 is 1.93 bits per heavy atom. The maximum absolute atomic E-state index is 12.5. The summed E-state index contributed by atoms with van der Waals surface area (Å²) in [5.74, 6) is 0.545. The van der Waals surface area contributed by atoms with E-state index in [2.05, 4.69) is 25.5 Å². The van der Waals surface area contributed by atoms with Crippen LogP contribution in [0, 0.1) is 0 Å². The van der Waals surface area contributed by atoms with Crippen LogP contribution in [0.25, 0.3) is 10.9 Å². The number of benzene rings is 1. The Kier molecular flexibility index (Phi) is 10.2. The third-order valence-corrected chi connectivity index (χ3v) is 4.50. The molecule has 28 heavy (non-hydrogen) atoms. The van der Waals surface area contributed by atoms with Crippen molar-refractivity contribution in [1.29, 1.82) is 0 Å². The highest BCUT2D eigenvalue weighted by atomic mass is 35.5. The van der Waals surface area contributed by atoms with Crippen LogP contribution in [-0.2, 0) is 4.79 Å². The standard InChI is InChI=1S/C18H26N6O2.2ClH/c19-7-3-1-2-4-16(25)21-13-5-6-15-14(12-13)17(26)23-18(22-15)24-10-8-20-9-11-24;;/h5-6,12,20H,1-4,7-11,19H2,(H,21,25)(H,22,23,26);2*1H. The number of hydrogen-bond acceptors (Lipinski definition) is 6. The van der Waals surface area contributed by atoms with Crippen LogP contribution in [0.5, 0.6) is 0 Å². The van der Waals surface area contributed by atoms with E-state index in [9.17, 15) is 9.59 Å². The highest BCUT2D eigenvalue weighted by Crippen LogP contribution is 2.17. The zero-order chi connectivity index (χ0) is 18.4. The highest BCUT2D eigenvalue weighted by molar-refractivity contribution is 5.93. The van der Waals surface area contributed by atoms with Gasteiger partial charge in [-0.15, -0.1) is 24.8 Å². The molecule has 0 aliphatic carbocycles. The second-order valence-electron chi connectivity index (χ2n) is 6.51. The Morgan fingerprint density at radius 1 is 1.18 bits per heavy atom. The van der Waals surface area contributed by atoms with E-state index in [1.54, 1.807) is 18.2 Å². The largest absolute Gasteiger partial charge is 0.340 e. The van der Waals surface area contributed by atoms with Crippen molar-refractivity contribution < 1.29 is 4.79 Å². The molecule has 0 spiro atoms. The van der Waals surface area contributed by atoms with Crippen LogP contribution in [0.1, 0.15) is 25.7 Å². The predicted octanol–water partition coefficient (Wildman–Crippen LogP) is 1.63. The predicted molar refractivity (Wildman–Crippen MR) is 118 cm³/mol. The number of fused-ring (bicyclic) bond motifs is 1. The van der Waals surface area contributed by atoms with Gasteiger partial charge in [0.05, 0.1) is 10.9 Å². The van der Waals surface area contributed by atoms with Crippen LogP contribution in [0.4, 0.5) is 11.6 Å². The average Bonchev–Trinajstić information content (AvgIpc) is 2.66. The number of H-pyrrole nitrogens is 1. The molecule has 3 rings (SSSR count). The summed E-state index contributed by atoms with van der Waals surface area (Å²) in [6.45, 7) is 4.02. The first-order chi connectivity index (χ1) is 12.7. The van der Waals surface area contributed by atoms with E-state index in [1.807, 2.05) is 0 Å². The Bertz CT molecular complexity index is 823. The van der Waals surface area contributed by atoms with Gasteiger partial charge in [-0.3, -0.25) is 14.6 Å². The summed E-state index contributed by atoms with van der Waals surface area (Å²) in [5, 5.41) is 6.60. The number of aromatic nitrogens is 2. The van der Waals surface area contributed by atoms with Crippen LogP contribution in [-0.4, -0.2) is 48.6 Å². The van der Waals surface area contributed by atoms with Crippen molar-refractivity contribution >= 4 is 53.3 Å². The van der Waals surface area contributed by atoms with Crippen LogP contribution in [0.15, 0.2) is 23.0 Å². The molecule has 1 fully saturated rings. The van der Waals surface area contributed by atoms with Crippen molar-refractivity contribution in [2.45, 2.75) is 25.7 Å². The molecule has 1 amide bonds. The van der Waals surface area contributed by atoms with Gasteiger partial charge in [-0.2, -0.15) is 0 Å². The minimum atomic E-state index is -0.192. The van der Waals surface area contributed by atoms with E-state index in [0.29, 0.717) is 35.5 Å².